The maximum absolute atomic E-state index is 10.2. The SMILES string of the molecule is CCCCCCCCCCCNCCO.C[N+](C)(C)CCOP(=O)(O)O. The highest BCUT2D eigenvalue weighted by Gasteiger charge is 2.15. The zero-order chi connectivity index (χ0) is 20.3. The van der Waals surface area contributed by atoms with Gasteiger partial charge in [0.05, 0.1) is 27.7 Å². The molecule has 160 valence electrons. The van der Waals surface area contributed by atoms with E-state index in [9.17, 15) is 4.57 Å². The molecule has 0 bridgehead atoms. The van der Waals surface area contributed by atoms with E-state index in [1.807, 2.05) is 21.1 Å². The molecular formula is C18H44N2O5P+. The summed E-state index contributed by atoms with van der Waals surface area (Å²) in [6.45, 7) is 4.99. The van der Waals surface area contributed by atoms with Gasteiger partial charge in [-0.3, -0.25) is 4.52 Å². The number of nitrogens with one attached hydrogen (secondary N) is 1. The van der Waals surface area contributed by atoms with Crippen LogP contribution < -0.4 is 5.32 Å². The second kappa shape index (κ2) is 18.4. The average Bonchev–Trinajstić information content (AvgIpc) is 2.51. The monoisotopic (exact) mass is 399 g/mol. The fourth-order valence-corrected chi connectivity index (χ4v) is 2.52. The van der Waals surface area contributed by atoms with Crippen molar-refractivity contribution < 1.29 is 28.5 Å². The first-order valence-electron chi connectivity index (χ1n) is 9.94. The van der Waals surface area contributed by atoms with Crippen molar-refractivity contribution in [1.82, 2.24) is 5.32 Å². The van der Waals surface area contributed by atoms with Crippen LogP contribution in [0.15, 0.2) is 0 Å². The Hall–Kier alpha value is -0.0100. The molecule has 26 heavy (non-hydrogen) atoms. The first-order valence-corrected chi connectivity index (χ1v) is 11.5. The first kappa shape index (κ1) is 28.2. The van der Waals surface area contributed by atoms with Crippen LogP contribution in [0.4, 0.5) is 0 Å². The van der Waals surface area contributed by atoms with Crippen molar-refractivity contribution in [1.29, 1.82) is 0 Å². The van der Waals surface area contributed by atoms with E-state index in [1.165, 1.54) is 57.8 Å². The van der Waals surface area contributed by atoms with Gasteiger partial charge in [0.1, 0.15) is 13.2 Å². The van der Waals surface area contributed by atoms with Gasteiger partial charge in [0, 0.05) is 6.54 Å². The van der Waals surface area contributed by atoms with Gasteiger partial charge in [-0.25, -0.2) is 4.57 Å². The molecule has 7 nitrogen and oxygen atoms in total. The smallest absolute Gasteiger partial charge is 0.395 e. The maximum atomic E-state index is 10.2. The van der Waals surface area contributed by atoms with Crippen molar-refractivity contribution >= 4 is 7.82 Å². The molecule has 0 aromatic carbocycles. The van der Waals surface area contributed by atoms with Crippen LogP contribution in [-0.4, -0.2) is 73.4 Å². The number of rotatable bonds is 16. The predicted molar refractivity (Wildman–Crippen MR) is 108 cm³/mol. The van der Waals surface area contributed by atoms with Crippen molar-refractivity contribution in [3.63, 3.8) is 0 Å². The van der Waals surface area contributed by atoms with Crippen molar-refractivity contribution in [3.8, 4) is 0 Å². The number of unbranched alkanes of at least 4 members (excludes halogenated alkanes) is 8. The lowest BCUT2D eigenvalue weighted by Gasteiger charge is -2.23. The summed E-state index contributed by atoms with van der Waals surface area (Å²) in [5, 5.41) is 11.8. The molecule has 0 aliphatic heterocycles. The third-order valence-electron chi connectivity index (χ3n) is 3.77. The zero-order valence-electron chi connectivity index (χ0n) is 17.5. The Kier molecular flexibility index (Phi) is 19.9. The summed E-state index contributed by atoms with van der Waals surface area (Å²) in [5.74, 6) is 0. The molecule has 0 saturated heterocycles. The Labute approximate surface area is 161 Å². The van der Waals surface area contributed by atoms with Gasteiger partial charge in [-0.15, -0.1) is 0 Å². The van der Waals surface area contributed by atoms with E-state index in [1.54, 1.807) is 0 Å². The van der Waals surface area contributed by atoms with Gasteiger partial charge in [0.25, 0.3) is 0 Å². The van der Waals surface area contributed by atoms with Crippen LogP contribution in [0.1, 0.15) is 64.7 Å². The molecule has 8 heteroatoms. The highest BCUT2D eigenvalue weighted by molar-refractivity contribution is 7.46. The van der Waals surface area contributed by atoms with Crippen LogP contribution in [0.3, 0.4) is 0 Å². The number of likely N-dealkylation sites (N-methyl/N-ethyl adjacent to an activating group) is 1. The Morgan fingerprint density at radius 1 is 0.885 bits per heavy atom. The number of quaternary nitrogens is 1. The Balaban J connectivity index is 0. The number of hydrogen-bond donors (Lipinski definition) is 4. The first-order chi connectivity index (χ1) is 12.1. The summed E-state index contributed by atoms with van der Waals surface area (Å²) in [4.78, 5) is 16.6. The molecular weight excluding hydrogens is 355 g/mol. The van der Waals surface area contributed by atoms with Crippen molar-refractivity contribution in [3.05, 3.63) is 0 Å². The van der Waals surface area contributed by atoms with E-state index in [4.69, 9.17) is 14.9 Å². The number of nitrogens with zero attached hydrogens (tertiary/aromatic N) is 1. The summed E-state index contributed by atoms with van der Waals surface area (Å²) in [5.41, 5.74) is 0. The third-order valence-corrected chi connectivity index (χ3v) is 4.29. The molecule has 0 radical (unpaired) electrons. The second-order valence-electron chi connectivity index (χ2n) is 7.64. The predicted octanol–water partition coefficient (Wildman–Crippen LogP) is 2.90. The lowest BCUT2D eigenvalue weighted by atomic mass is 10.1. The average molecular weight is 400 g/mol. The van der Waals surface area contributed by atoms with Crippen molar-refractivity contribution in [2.75, 3.05) is 54.0 Å². The molecule has 0 aromatic heterocycles. The molecule has 0 aromatic rings. The van der Waals surface area contributed by atoms with Gasteiger partial charge in [0.2, 0.25) is 0 Å². The van der Waals surface area contributed by atoms with Crippen LogP contribution in [-0.2, 0) is 9.09 Å². The van der Waals surface area contributed by atoms with E-state index in [-0.39, 0.29) is 13.2 Å². The van der Waals surface area contributed by atoms with Crippen LogP contribution in [0.2, 0.25) is 0 Å². The fourth-order valence-electron chi connectivity index (χ4n) is 2.20. The summed E-state index contributed by atoms with van der Waals surface area (Å²) in [6.07, 6.45) is 12.4. The summed E-state index contributed by atoms with van der Waals surface area (Å²) in [7, 11) is 1.50. The van der Waals surface area contributed by atoms with E-state index in [2.05, 4.69) is 16.8 Å². The highest BCUT2D eigenvalue weighted by atomic mass is 31.2. The molecule has 0 spiro atoms. The van der Waals surface area contributed by atoms with Crippen LogP contribution in [0.25, 0.3) is 0 Å². The highest BCUT2D eigenvalue weighted by Crippen LogP contribution is 2.35. The van der Waals surface area contributed by atoms with Gasteiger partial charge in [-0.05, 0) is 13.0 Å². The molecule has 0 saturated carbocycles. The number of aliphatic hydroxyl groups is 1. The van der Waals surface area contributed by atoms with E-state index >= 15 is 0 Å². The van der Waals surface area contributed by atoms with Gasteiger partial charge < -0.3 is 24.7 Å². The van der Waals surface area contributed by atoms with Crippen LogP contribution in [0.5, 0.6) is 0 Å². The Morgan fingerprint density at radius 2 is 1.38 bits per heavy atom. The lowest BCUT2D eigenvalue weighted by molar-refractivity contribution is -0.870. The van der Waals surface area contributed by atoms with Gasteiger partial charge in [0.15, 0.2) is 0 Å². The quantitative estimate of drug-likeness (QED) is 0.181. The Morgan fingerprint density at radius 3 is 1.81 bits per heavy atom. The third kappa shape index (κ3) is 31.7. The zero-order valence-corrected chi connectivity index (χ0v) is 18.3. The number of hydrogen-bond acceptors (Lipinski definition) is 4. The topological polar surface area (TPSA) is 99.0 Å². The molecule has 0 aliphatic carbocycles. The van der Waals surface area contributed by atoms with E-state index in [0.29, 0.717) is 11.0 Å². The number of phosphoric ester groups is 1. The molecule has 0 fully saturated rings. The Bertz CT molecular complexity index is 320. The van der Waals surface area contributed by atoms with E-state index in [0.717, 1.165) is 13.1 Å². The second-order valence-corrected chi connectivity index (χ2v) is 8.88. The normalized spacial score (nSPS) is 12.0. The summed E-state index contributed by atoms with van der Waals surface area (Å²) in [6, 6.07) is 0. The molecule has 0 aliphatic rings. The largest absolute Gasteiger partial charge is 0.469 e. The molecule has 4 N–H and O–H groups in total. The fraction of sp³-hybridized carbons (Fsp3) is 1.00. The molecule has 0 heterocycles. The minimum Gasteiger partial charge on any atom is -0.395 e. The van der Waals surface area contributed by atoms with Crippen molar-refractivity contribution in [2.24, 2.45) is 0 Å². The van der Waals surface area contributed by atoms with Crippen LogP contribution in [0, 0.1) is 0 Å². The summed E-state index contributed by atoms with van der Waals surface area (Å²) < 4.78 is 15.1. The minimum atomic E-state index is -4.26. The van der Waals surface area contributed by atoms with Crippen LogP contribution >= 0.6 is 7.82 Å². The number of phosphoric acid groups is 1. The molecule has 0 amide bonds. The summed E-state index contributed by atoms with van der Waals surface area (Å²) >= 11 is 0. The molecule has 0 rings (SSSR count). The van der Waals surface area contributed by atoms with Crippen molar-refractivity contribution in [2.45, 2.75) is 64.7 Å². The van der Waals surface area contributed by atoms with Gasteiger partial charge in [-0.1, -0.05) is 58.3 Å². The van der Waals surface area contributed by atoms with Gasteiger partial charge >= 0.3 is 7.82 Å². The minimum absolute atomic E-state index is 0.0772. The van der Waals surface area contributed by atoms with Gasteiger partial charge in [-0.2, -0.15) is 0 Å². The van der Waals surface area contributed by atoms with E-state index < -0.39 is 7.82 Å². The lowest BCUT2D eigenvalue weighted by Crippen LogP contribution is -2.37. The standard InChI is InChI=1S/C13H29NO.C5H14NO4P/c1-2-3-4-5-6-7-8-9-10-11-14-12-13-15;1-6(2,3)4-5-10-11(7,8)9/h14-15H,2-13H2,1H3;4-5H2,1-3H3,(H-,7,8,9)/p+1. The number of aliphatic hydroxyl groups excluding tert-OH is 1. The molecule has 0 atom stereocenters. The maximum Gasteiger partial charge on any atom is 0.469 e. The molecule has 0 unspecified atom stereocenters.